The minimum Gasteiger partial charge on any atom is -0.378 e. The third-order valence-electron chi connectivity index (χ3n) is 5.32. The fourth-order valence-electron chi connectivity index (χ4n) is 3.85. The van der Waals surface area contributed by atoms with Crippen molar-refractivity contribution in [3.8, 4) is 0 Å². The van der Waals surface area contributed by atoms with Crippen LogP contribution in [0.3, 0.4) is 0 Å². The minimum atomic E-state index is -0.353. The summed E-state index contributed by atoms with van der Waals surface area (Å²) in [5.74, 6) is 0.925. The second kappa shape index (κ2) is 8.74. The van der Waals surface area contributed by atoms with Gasteiger partial charge in [0.05, 0.1) is 34.3 Å². The molecule has 7 heteroatoms. The third-order valence-corrected chi connectivity index (χ3v) is 6.04. The van der Waals surface area contributed by atoms with E-state index in [1.807, 2.05) is 40.7 Å². The van der Waals surface area contributed by atoms with Crippen LogP contribution in [0.4, 0.5) is 0 Å². The number of benzene rings is 2. The van der Waals surface area contributed by atoms with Crippen molar-refractivity contribution in [1.29, 1.82) is 0 Å². The molecule has 0 radical (unpaired) electrons. The van der Waals surface area contributed by atoms with Gasteiger partial charge in [-0.05, 0) is 24.1 Å². The zero-order valence-corrected chi connectivity index (χ0v) is 17.8. The summed E-state index contributed by atoms with van der Waals surface area (Å²) in [5.41, 5.74) is 2.72. The largest absolute Gasteiger partial charge is 0.378 e. The van der Waals surface area contributed by atoms with Crippen LogP contribution in [0.25, 0.3) is 11.0 Å². The number of hydrogen-bond donors (Lipinski definition) is 0. The highest BCUT2D eigenvalue weighted by atomic mass is 35.5. The summed E-state index contributed by atoms with van der Waals surface area (Å²) in [6, 6.07) is 13.4. The Hall–Kier alpha value is -2.08. The summed E-state index contributed by atoms with van der Waals surface area (Å²) in [6.45, 7) is 4.40. The van der Waals surface area contributed by atoms with E-state index in [1.54, 1.807) is 6.07 Å². The molecule has 3 aromatic rings. The highest BCUT2D eigenvalue weighted by Gasteiger charge is 2.29. The smallest absolute Gasteiger partial charge is 0.245 e. The Bertz CT molecular complexity index is 1010. The molecule has 1 aromatic heterocycles. The molecule has 1 fully saturated rings. The van der Waals surface area contributed by atoms with Crippen LogP contribution in [0.5, 0.6) is 0 Å². The van der Waals surface area contributed by atoms with Gasteiger partial charge in [0.2, 0.25) is 5.91 Å². The van der Waals surface area contributed by atoms with Crippen LogP contribution in [-0.2, 0) is 16.0 Å². The van der Waals surface area contributed by atoms with E-state index >= 15 is 0 Å². The molecule has 1 aliphatic heterocycles. The Kier molecular flexibility index (Phi) is 6.09. The van der Waals surface area contributed by atoms with Gasteiger partial charge >= 0.3 is 0 Å². The Morgan fingerprint density at radius 1 is 1.14 bits per heavy atom. The summed E-state index contributed by atoms with van der Waals surface area (Å²) < 4.78 is 7.45. The van der Waals surface area contributed by atoms with Gasteiger partial charge in [-0.25, -0.2) is 4.98 Å². The summed E-state index contributed by atoms with van der Waals surface area (Å²) in [7, 11) is 0. The predicted molar refractivity (Wildman–Crippen MR) is 116 cm³/mol. The second-order valence-corrected chi connectivity index (χ2v) is 7.99. The van der Waals surface area contributed by atoms with E-state index in [2.05, 4.69) is 12.1 Å². The second-order valence-electron chi connectivity index (χ2n) is 7.18. The number of imidazole rings is 1. The van der Waals surface area contributed by atoms with Gasteiger partial charge in [0.15, 0.2) is 0 Å². The predicted octanol–water partition coefficient (Wildman–Crippen LogP) is 4.74. The van der Waals surface area contributed by atoms with Gasteiger partial charge in [-0.2, -0.15) is 0 Å². The van der Waals surface area contributed by atoms with Gasteiger partial charge in [-0.3, -0.25) is 4.79 Å². The van der Waals surface area contributed by atoms with Crippen molar-refractivity contribution in [1.82, 2.24) is 14.5 Å². The lowest BCUT2D eigenvalue weighted by Gasteiger charge is -2.31. The Labute approximate surface area is 180 Å². The van der Waals surface area contributed by atoms with Crippen molar-refractivity contribution in [2.24, 2.45) is 0 Å². The Balaban J connectivity index is 1.81. The molecule has 0 saturated carbocycles. The van der Waals surface area contributed by atoms with E-state index in [-0.39, 0.29) is 11.9 Å². The monoisotopic (exact) mass is 431 g/mol. The maximum absolute atomic E-state index is 13.4. The lowest BCUT2D eigenvalue weighted by Crippen LogP contribution is -2.44. The fraction of sp³-hybridized carbons (Fsp3) is 0.364. The number of hydrogen-bond acceptors (Lipinski definition) is 3. The standard InChI is InChI=1S/C22H23Cl2N3O2/c1-2-19(22(28)26-8-10-29-11-9-26)27-20-14-17(24)16(23)13-18(20)25-21(27)12-15-6-4-3-5-7-15/h3-7,13-14,19H,2,8-12H2,1H3. The van der Waals surface area contributed by atoms with Crippen LogP contribution in [0.15, 0.2) is 42.5 Å². The number of ether oxygens (including phenoxy) is 1. The first-order valence-electron chi connectivity index (χ1n) is 9.84. The van der Waals surface area contributed by atoms with E-state index in [9.17, 15) is 4.79 Å². The van der Waals surface area contributed by atoms with Crippen molar-refractivity contribution in [2.45, 2.75) is 25.8 Å². The number of fused-ring (bicyclic) bond motifs is 1. The molecule has 1 unspecified atom stereocenters. The van der Waals surface area contributed by atoms with Crippen LogP contribution in [0, 0.1) is 0 Å². The number of rotatable bonds is 5. The normalized spacial score (nSPS) is 15.6. The van der Waals surface area contributed by atoms with Gasteiger partial charge in [-0.15, -0.1) is 0 Å². The molecule has 1 saturated heterocycles. The summed E-state index contributed by atoms with van der Waals surface area (Å²) in [5, 5.41) is 0.919. The third kappa shape index (κ3) is 4.13. The molecule has 0 bridgehead atoms. The topological polar surface area (TPSA) is 47.4 Å². The molecule has 2 heterocycles. The maximum Gasteiger partial charge on any atom is 0.245 e. The molecule has 4 rings (SSSR count). The minimum absolute atomic E-state index is 0.0930. The van der Waals surface area contributed by atoms with Crippen molar-refractivity contribution >= 4 is 40.1 Å². The fourth-order valence-corrected chi connectivity index (χ4v) is 4.17. The number of morpholine rings is 1. The summed E-state index contributed by atoms with van der Waals surface area (Å²) in [6.07, 6.45) is 1.28. The van der Waals surface area contributed by atoms with Crippen LogP contribution in [-0.4, -0.2) is 46.7 Å². The van der Waals surface area contributed by atoms with Crippen molar-refractivity contribution in [3.63, 3.8) is 0 Å². The number of nitrogens with zero attached hydrogens (tertiary/aromatic N) is 3. The number of carbonyl (C=O) groups is 1. The van der Waals surface area contributed by atoms with Crippen molar-refractivity contribution in [2.75, 3.05) is 26.3 Å². The van der Waals surface area contributed by atoms with Crippen LogP contribution in [0.2, 0.25) is 10.0 Å². The average Bonchev–Trinajstić information content (AvgIpc) is 3.07. The first-order chi connectivity index (χ1) is 14.1. The average molecular weight is 432 g/mol. The Morgan fingerprint density at radius 2 is 1.83 bits per heavy atom. The molecule has 29 heavy (non-hydrogen) atoms. The molecule has 2 aromatic carbocycles. The highest BCUT2D eigenvalue weighted by Crippen LogP contribution is 2.32. The van der Waals surface area contributed by atoms with Crippen molar-refractivity contribution < 1.29 is 9.53 Å². The zero-order chi connectivity index (χ0) is 20.4. The molecular formula is C22H23Cl2N3O2. The first-order valence-corrected chi connectivity index (χ1v) is 10.6. The number of amides is 1. The Morgan fingerprint density at radius 3 is 2.52 bits per heavy atom. The summed E-state index contributed by atoms with van der Waals surface area (Å²) in [4.78, 5) is 20.1. The van der Waals surface area contributed by atoms with Gasteiger partial charge in [-0.1, -0.05) is 60.5 Å². The van der Waals surface area contributed by atoms with Gasteiger partial charge in [0.1, 0.15) is 11.9 Å². The molecule has 5 nitrogen and oxygen atoms in total. The molecular weight excluding hydrogens is 409 g/mol. The lowest BCUT2D eigenvalue weighted by molar-refractivity contribution is -0.138. The van der Waals surface area contributed by atoms with Gasteiger partial charge in [0, 0.05) is 19.5 Å². The molecule has 0 spiro atoms. The highest BCUT2D eigenvalue weighted by molar-refractivity contribution is 6.42. The van der Waals surface area contributed by atoms with E-state index < -0.39 is 0 Å². The van der Waals surface area contributed by atoms with E-state index in [0.29, 0.717) is 49.2 Å². The van der Waals surface area contributed by atoms with Gasteiger partial charge < -0.3 is 14.2 Å². The SMILES string of the molecule is CCC(C(=O)N1CCOCC1)n1c(Cc2ccccc2)nc2cc(Cl)c(Cl)cc21. The lowest BCUT2D eigenvalue weighted by atomic mass is 10.1. The van der Waals surface area contributed by atoms with Crippen LogP contribution < -0.4 is 0 Å². The number of carbonyl (C=O) groups excluding carboxylic acids is 1. The molecule has 0 N–H and O–H groups in total. The maximum atomic E-state index is 13.4. The zero-order valence-electron chi connectivity index (χ0n) is 16.3. The molecule has 1 amide bonds. The van der Waals surface area contributed by atoms with E-state index in [1.165, 1.54) is 0 Å². The summed E-state index contributed by atoms with van der Waals surface area (Å²) >= 11 is 12.6. The molecule has 0 aliphatic carbocycles. The van der Waals surface area contributed by atoms with Crippen LogP contribution in [0.1, 0.15) is 30.8 Å². The van der Waals surface area contributed by atoms with Crippen LogP contribution >= 0.6 is 23.2 Å². The number of aromatic nitrogens is 2. The quantitative estimate of drug-likeness (QED) is 0.585. The van der Waals surface area contributed by atoms with Crippen molar-refractivity contribution in [3.05, 3.63) is 63.9 Å². The molecule has 1 atom stereocenters. The van der Waals surface area contributed by atoms with E-state index in [0.717, 1.165) is 22.4 Å². The van der Waals surface area contributed by atoms with E-state index in [4.69, 9.17) is 32.9 Å². The molecule has 1 aliphatic rings. The molecule has 152 valence electrons. The number of halogens is 2. The van der Waals surface area contributed by atoms with Gasteiger partial charge in [0.25, 0.3) is 0 Å². The first kappa shape index (κ1) is 20.2.